The lowest BCUT2D eigenvalue weighted by Crippen LogP contribution is -2.25. The highest BCUT2D eigenvalue weighted by Gasteiger charge is 2.15. The van der Waals surface area contributed by atoms with Gasteiger partial charge in [-0.15, -0.1) is 0 Å². The molecule has 0 radical (unpaired) electrons. The predicted octanol–water partition coefficient (Wildman–Crippen LogP) is 4.87. The van der Waals surface area contributed by atoms with E-state index in [4.69, 9.17) is 4.74 Å². The maximum Gasteiger partial charge on any atom is 0.240 e. The first-order chi connectivity index (χ1) is 13.4. The first-order valence-corrected chi connectivity index (χ1v) is 11.4. The molecule has 148 valence electrons. The number of sulfonamides is 1. The van der Waals surface area contributed by atoms with Gasteiger partial charge in [-0.25, -0.2) is 13.1 Å². The van der Waals surface area contributed by atoms with Crippen LogP contribution in [0.25, 0.3) is 10.8 Å². The number of ether oxygens (including phenoxy) is 1. The number of methoxy groups -OCH3 is 1. The first kappa shape index (κ1) is 20.8. The fraction of sp³-hybridized carbons (Fsp3) is 0.286. The van der Waals surface area contributed by atoms with E-state index in [1.807, 2.05) is 18.3 Å². The van der Waals surface area contributed by atoms with Gasteiger partial charge in [0.05, 0.1) is 17.7 Å². The Labute approximate surface area is 174 Å². The molecule has 1 heterocycles. The molecule has 2 aromatic carbocycles. The van der Waals surface area contributed by atoms with Crippen LogP contribution >= 0.6 is 15.9 Å². The molecule has 0 aliphatic heterocycles. The van der Waals surface area contributed by atoms with E-state index in [0.717, 1.165) is 33.8 Å². The molecule has 0 saturated heterocycles. The Balaban J connectivity index is 1.60. The lowest BCUT2D eigenvalue weighted by atomic mass is 9.96. The van der Waals surface area contributed by atoms with Crippen LogP contribution in [0.4, 0.5) is 0 Å². The molecule has 0 saturated carbocycles. The van der Waals surface area contributed by atoms with E-state index in [-0.39, 0.29) is 10.8 Å². The van der Waals surface area contributed by atoms with E-state index < -0.39 is 10.0 Å². The molecule has 1 unspecified atom stereocenters. The minimum atomic E-state index is -3.52. The highest BCUT2D eigenvalue weighted by atomic mass is 79.9. The molecule has 7 heteroatoms. The summed E-state index contributed by atoms with van der Waals surface area (Å²) in [7, 11) is -1.97. The van der Waals surface area contributed by atoms with Crippen LogP contribution in [-0.4, -0.2) is 27.1 Å². The topological polar surface area (TPSA) is 68.3 Å². The van der Waals surface area contributed by atoms with Crippen LogP contribution in [0.15, 0.2) is 64.1 Å². The lowest BCUT2D eigenvalue weighted by molar-refractivity contribution is 0.414. The van der Waals surface area contributed by atoms with Gasteiger partial charge < -0.3 is 4.74 Å². The minimum Gasteiger partial charge on any atom is -0.497 e. The largest absolute Gasteiger partial charge is 0.497 e. The number of nitrogens with one attached hydrogen (secondary N) is 1. The minimum absolute atomic E-state index is 0.225. The van der Waals surface area contributed by atoms with Crippen molar-refractivity contribution in [3.63, 3.8) is 0 Å². The second-order valence-electron chi connectivity index (χ2n) is 6.65. The van der Waals surface area contributed by atoms with Gasteiger partial charge in [0.1, 0.15) is 5.75 Å². The van der Waals surface area contributed by atoms with E-state index in [0.29, 0.717) is 12.3 Å². The lowest BCUT2D eigenvalue weighted by Gasteiger charge is -2.15. The van der Waals surface area contributed by atoms with Gasteiger partial charge in [0.2, 0.25) is 10.0 Å². The zero-order valence-corrected chi connectivity index (χ0v) is 18.3. The summed E-state index contributed by atoms with van der Waals surface area (Å²) in [5.74, 6) is 0.852. The fourth-order valence-corrected chi connectivity index (χ4v) is 4.68. The third kappa shape index (κ3) is 4.71. The van der Waals surface area contributed by atoms with Crippen LogP contribution in [0.5, 0.6) is 5.75 Å². The van der Waals surface area contributed by atoms with Gasteiger partial charge in [-0.3, -0.25) is 4.98 Å². The monoisotopic (exact) mass is 462 g/mol. The Morgan fingerprint density at radius 2 is 1.79 bits per heavy atom. The molecule has 1 aromatic heterocycles. The van der Waals surface area contributed by atoms with Gasteiger partial charge in [0.25, 0.3) is 0 Å². The molecule has 0 fully saturated rings. The van der Waals surface area contributed by atoms with Crippen molar-refractivity contribution in [2.45, 2.75) is 30.6 Å². The van der Waals surface area contributed by atoms with E-state index >= 15 is 0 Å². The molecular formula is C21H23BrN2O3S. The maximum absolute atomic E-state index is 12.4. The molecule has 3 rings (SSSR count). The van der Waals surface area contributed by atoms with Crippen molar-refractivity contribution in [2.75, 3.05) is 13.7 Å². The zero-order chi connectivity index (χ0) is 20.1. The molecule has 0 aliphatic rings. The normalized spacial score (nSPS) is 12.8. The summed E-state index contributed by atoms with van der Waals surface area (Å²) in [4.78, 5) is 4.84. The zero-order valence-electron chi connectivity index (χ0n) is 15.9. The predicted molar refractivity (Wildman–Crippen MR) is 115 cm³/mol. The third-order valence-corrected chi connectivity index (χ3v) is 6.83. The smallest absolute Gasteiger partial charge is 0.240 e. The molecule has 0 aliphatic carbocycles. The fourth-order valence-electron chi connectivity index (χ4n) is 3.16. The summed E-state index contributed by atoms with van der Waals surface area (Å²) in [6.07, 6.45) is 3.40. The average Bonchev–Trinajstić information content (AvgIpc) is 2.71. The Kier molecular flexibility index (Phi) is 6.69. The van der Waals surface area contributed by atoms with Crippen LogP contribution in [-0.2, 0) is 10.0 Å². The van der Waals surface area contributed by atoms with Gasteiger partial charge in [-0.1, -0.05) is 31.2 Å². The summed E-state index contributed by atoms with van der Waals surface area (Å²) in [5.41, 5.74) is 1.04. The molecule has 0 bridgehead atoms. The van der Waals surface area contributed by atoms with E-state index in [1.54, 1.807) is 31.4 Å². The van der Waals surface area contributed by atoms with Crippen LogP contribution in [0.2, 0.25) is 0 Å². The molecule has 3 aromatic rings. The van der Waals surface area contributed by atoms with Crippen LogP contribution in [0, 0.1) is 0 Å². The molecule has 0 spiro atoms. The van der Waals surface area contributed by atoms with Crippen molar-refractivity contribution in [2.24, 2.45) is 0 Å². The highest BCUT2D eigenvalue weighted by Crippen LogP contribution is 2.30. The Bertz CT molecular complexity index is 1050. The molecule has 1 atom stereocenters. The molecule has 5 nitrogen and oxygen atoms in total. The van der Waals surface area contributed by atoms with Crippen molar-refractivity contribution >= 4 is 36.7 Å². The van der Waals surface area contributed by atoms with Crippen LogP contribution < -0.4 is 9.46 Å². The van der Waals surface area contributed by atoms with E-state index in [2.05, 4.69) is 44.7 Å². The van der Waals surface area contributed by atoms with E-state index in [9.17, 15) is 8.42 Å². The van der Waals surface area contributed by atoms with Crippen LogP contribution in [0.3, 0.4) is 0 Å². The maximum atomic E-state index is 12.4. The number of aromatic nitrogens is 1. The second-order valence-corrected chi connectivity index (χ2v) is 9.27. The van der Waals surface area contributed by atoms with E-state index in [1.165, 1.54) is 0 Å². The second kappa shape index (κ2) is 9.03. The summed E-state index contributed by atoms with van der Waals surface area (Å²) in [6.45, 7) is 2.51. The highest BCUT2D eigenvalue weighted by molar-refractivity contribution is 9.10. The van der Waals surface area contributed by atoms with Crippen molar-refractivity contribution in [3.05, 3.63) is 64.9 Å². The number of hydrogen-bond donors (Lipinski definition) is 1. The third-order valence-electron chi connectivity index (χ3n) is 4.72. The summed E-state index contributed by atoms with van der Waals surface area (Å²) >= 11 is 3.55. The Morgan fingerprint density at radius 3 is 2.46 bits per heavy atom. The average molecular weight is 463 g/mol. The van der Waals surface area contributed by atoms with Gasteiger partial charge in [-0.2, -0.15) is 0 Å². The number of nitrogens with zero attached hydrogens (tertiary/aromatic N) is 1. The van der Waals surface area contributed by atoms with Crippen molar-refractivity contribution in [3.8, 4) is 5.75 Å². The summed E-state index contributed by atoms with van der Waals surface area (Å²) in [6, 6.07) is 14.5. The first-order valence-electron chi connectivity index (χ1n) is 9.09. The number of benzene rings is 2. The number of rotatable bonds is 8. The molecule has 0 amide bonds. The number of hydrogen-bond acceptors (Lipinski definition) is 4. The number of pyridine rings is 1. The van der Waals surface area contributed by atoms with Crippen molar-refractivity contribution in [1.82, 2.24) is 9.71 Å². The van der Waals surface area contributed by atoms with Crippen LogP contribution in [0.1, 0.15) is 31.4 Å². The van der Waals surface area contributed by atoms with Crippen molar-refractivity contribution in [1.29, 1.82) is 0 Å². The number of fused-ring (bicyclic) bond motifs is 1. The van der Waals surface area contributed by atoms with Gasteiger partial charge in [-0.05, 0) is 64.3 Å². The molecule has 1 N–H and O–H groups in total. The Hall–Kier alpha value is -1.96. The SMILES string of the molecule is COc1ccc(S(=O)(=O)NCCCC(C)c2ncc(Br)c3ccccc23)cc1. The quantitative estimate of drug-likeness (QED) is 0.484. The molecule has 28 heavy (non-hydrogen) atoms. The standard InChI is InChI=1S/C21H23BrN2O3S/c1-15(21-19-8-4-3-7-18(19)20(22)14-23-21)6-5-13-24-28(25,26)17-11-9-16(27-2)10-12-17/h3-4,7-12,14-15,24H,5-6,13H2,1-2H3. The van der Waals surface area contributed by atoms with Crippen molar-refractivity contribution < 1.29 is 13.2 Å². The van der Waals surface area contributed by atoms with Gasteiger partial charge >= 0.3 is 0 Å². The summed E-state index contributed by atoms with van der Waals surface area (Å²) < 4.78 is 33.5. The molecular weight excluding hydrogens is 440 g/mol. The van der Waals surface area contributed by atoms with Gasteiger partial charge in [0.15, 0.2) is 0 Å². The van der Waals surface area contributed by atoms with Gasteiger partial charge in [0, 0.05) is 22.6 Å². The Morgan fingerprint density at radius 1 is 1.11 bits per heavy atom. The summed E-state index contributed by atoms with van der Waals surface area (Å²) in [5, 5.41) is 2.27. The number of halogens is 1.